The van der Waals surface area contributed by atoms with Crippen LogP contribution in [0.2, 0.25) is 0 Å². The molecule has 5 nitrogen and oxygen atoms in total. The van der Waals surface area contributed by atoms with Crippen molar-refractivity contribution in [2.75, 3.05) is 16.8 Å². The van der Waals surface area contributed by atoms with E-state index in [0.717, 1.165) is 22.9 Å². The van der Waals surface area contributed by atoms with E-state index in [1.807, 2.05) is 50.2 Å². The lowest BCUT2D eigenvalue weighted by atomic mass is 10.0. The zero-order valence-electron chi connectivity index (χ0n) is 15.5. The summed E-state index contributed by atoms with van der Waals surface area (Å²) in [6.45, 7) is 4.48. The fraction of sp³-hybridized carbons (Fsp3) is 0.333. The molecule has 0 aromatic heterocycles. The Labute approximate surface area is 167 Å². The second kappa shape index (κ2) is 8.57. The van der Waals surface area contributed by atoms with Gasteiger partial charge < -0.3 is 15.0 Å². The first-order valence-corrected chi connectivity index (χ1v) is 9.93. The molecule has 142 valence electrons. The van der Waals surface area contributed by atoms with Gasteiger partial charge >= 0.3 is 0 Å². The van der Waals surface area contributed by atoms with Crippen molar-refractivity contribution >= 4 is 39.1 Å². The van der Waals surface area contributed by atoms with Gasteiger partial charge in [-0.05, 0) is 48.7 Å². The molecule has 0 aliphatic carbocycles. The molecule has 0 fully saturated rings. The van der Waals surface area contributed by atoms with Crippen molar-refractivity contribution in [3.8, 4) is 5.75 Å². The Morgan fingerprint density at radius 2 is 1.89 bits per heavy atom. The first-order chi connectivity index (χ1) is 13.0. The van der Waals surface area contributed by atoms with Crippen molar-refractivity contribution in [2.24, 2.45) is 5.92 Å². The molecular weight excluding hydrogens is 408 g/mol. The maximum absolute atomic E-state index is 12.5. The summed E-state index contributed by atoms with van der Waals surface area (Å²) in [5.41, 5.74) is 2.37. The number of halogens is 1. The zero-order chi connectivity index (χ0) is 19.4. The molecule has 27 heavy (non-hydrogen) atoms. The van der Waals surface area contributed by atoms with Gasteiger partial charge in [-0.3, -0.25) is 9.59 Å². The molecule has 2 amide bonds. The lowest BCUT2D eigenvalue weighted by molar-refractivity contribution is -0.121. The average Bonchev–Trinajstić information content (AvgIpc) is 2.67. The third-order valence-electron chi connectivity index (χ3n) is 4.78. The van der Waals surface area contributed by atoms with Gasteiger partial charge in [-0.25, -0.2) is 0 Å². The molecular formula is C21H23BrN2O3. The van der Waals surface area contributed by atoms with Gasteiger partial charge in [-0.15, -0.1) is 0 Å². The monoisotopic (exact) mass is 430 g/mol. The van der Waals surface area contributed by atoms with E-state index < -0.39 is 0 Å². The van der Waals surface area contributed by atoms with Gasteiger partial charge in [0, 0.05) is 16.1 Å². The van der Waals surface area contributed by atoms with Crippen LogP contribution in [-0.4, -0.2) is 18.4 Å². The molecule has 0 saturated heterocycles. The smallest absolute Gasteiger partial charge is 0.265 e. The van der Waals surface area contributed by atoms with Crippen LogP contribution in [0.25, 0.3) is 0 Å². The first kappa shape index (κ1) is 19.4. The number of nitrogens with one attached hydrogen (secondary N) is 1. The fourth-order valence-corrected chi connectivity index (χ4v) is 3.39. The number of nitrogens with zero attached hydrogens (tertiary/aromatic N) is 1. The Balaban J connectivity index is 1.85. The molecule has 3 rings (SSSR count). The normalized spacial score (nSPS) is 13.3. The zero-order valence-corrected chi connectivity index (χ0v) is 17.1. The van der Waals surface area contributed by atoms with Gasteiger partial charge in [-0.2, -0.15) is 0 Å². The van der Waals surface area contributed by atoms with Crippen molar-refractivity contribution < 1.29 is 14.3 Å². The number of fused-ring (bicyclic) bond motifs is 1. The van der Waals surface area contributed by atoms with Gasteiger partial charge in [0.05, 0.1) is 12.2 Å². The molecule has 1 heterocycles. The van der Waals surface area contributed by atoms with E-state index in [-0.39, 0.29) is 24.3 Å². The molecule has 6 heteroatoms. The van der Waals surface area contributed by atoms with Crippen molar-refractivity contribution in [3.05, 3.63) is 52.5 Å². The summed E-state index contributed by atoms with van der Waals surface area (Å²) in [5.74, 6) is 0.529. The summed E-state index contributed by atoms with van der Waals surface area (Å²) in [6.07, 6.45) is 1.59. The number of hydrogen-bond acceptors (Lipinski definition) is 3. The van der Waals surface area contributed by atoms with E-state index in [1.54, 1.807) is 11.0 Å². The van der Waals surface area contributed by atoms with Gasteiger partial charge in [0.1, 0.15) is 5.75 Å². The van der Waals surface area contributed by atoms with E-state index in [0.29, 0.717) is 23.7 Å². The van der Waals surface area contributed by atoms with Gasteiger partial charge in [-0.1, -0.05) is 41.9 Å². The van der Waals surface area contributed by atoms with Crippen molar-refractivity contribution in [1.29, 1.82) is 0 Å². The molecule has 2 aromatic carbocycles. The summed E-state index contributed by atoms with van der Waals surface area (Å²) in [5, 5.41) is 2.96. The third-order valence-corrected chi connectivity index (χ3v) is 5.31. The lowest BCUT2D eigenvalue weighted by Gasteiger charge is -2.30. The van der Waals surface area contributed by atoms with Gasteiger partial charge in [0.2, 0.25) is 5.91 Å². The largest absolute Gasteiger partial charge is 0.482 e. The number of carbonyl (C=O) groups excluding carboxylic acids is 2. The minimum Gasteiger partial charge on any atom is -0.482 e. The molecule has 1 aliphatic rings. The fourth-order valence-electron chi connectivity index (χ4n) is 3.13. The Bertz CT molecular complexity index is 832. The Kier molecular flexibility index (Phi) is 6.16. The maximum Gasteiger partial charge on any atom is 0.265 e. The van der Waals surface area contributed by atoms with Crippen LogP contribution in [0.4, 0.5) is 11.4 Å². The van der Waals surface area contributed by atoms with Crippen LogP contribution >= 0.6 is 15.9 Å². The third kappa shape index (κ3) is 4.50. The van der Waals surface area contributed by atoms with Crippen LogP contribution in [0.3, 0.4) is 0 Å². The molecule has 0 spiro atoms. The van der Waals surface area contributed by atoms with Crippen LogP contribution in [0, 0.1) is 5.92 Å². The van der Waals surface area contributed by atoms with Crippen LogP contribution in [0.5, 0.6) is 5.75 Å². The molecule has 1 N–H and O–H groups in total. The molecule has 0 bridgehead atoms. The predicted octanol–water partition coefficient (Wildman–Crippen LogP) is 4.75. The molecule has 2 aromatic rings. The second-order valence-corrected chi connectivity index (χ2v) is 7.50. The molecule has 0 saturated carbocycles. The Morgan fingerprint density at radius 3 is 2.56 bits per heavy atom. The number of ether oxygens (including phenoxy) is 1. The van der Waals surface area contributed by atoms with Gasteiger partial charge in [0.15, 0.2) is 6.61 Å². The SMILES string of the molecule is CCC(CC)C(=O)Nc1ccc2c(c1)N(Cc1ccc(Br)cc1)C(=O)CO2. The average molecular weight is 431 g/mol. The van der Waals surface area contributed by atoms with Crippen molar-refractivity contribution in [2.45, 2.75) is 33.2 Å². The quantitative estimate of drug-likeness (QED) is 0.718. The highest BCUT2D eigenvalue weighted by Gasteiger charge is 2.26. The number of hydrogen-bond donors (Lipinski definition) is 1. The summed E-state index contributed by atoms with van der Waals surface area (Å²) in [6, 6.07) is 13.3. The lowest BCUT2D eigenvalue weighted by Crippen LogP contribution is -2.38. The minimum atomic E-state index is -0.103. The van der Waals surface area contributed by atoms with Crippen molar-refractivity contribution in [3.63, 3.8) is 0 Å². The molecule has 1 aliphatic heterocycles. The minimum absolute atomic E-state index is 0.00228. The van der Waals surface area contributed by atoms with E-state index in [1.165, 1.54) is 0 Å². The maximum atomic E-state index is 12.5. The number of benzene rings is 2. The molecule has 0 atom stereocenters. The van der Waals surface area contributed by atoms with E-state index in [9.17, 15) is 9.59 Å². The standard InChI is InChI=1S/C21H23BrN2O3/c1-3-15(4-2)21(26)23-17-9-10-19-18(11-17)24(20(25)13-27-19)12-14-5-7-16(22)8-6-14/h5-11,15H,3-4,12-13H2,1-2H3,(H,23,26). The van der Waals surface area contributed by atoms with Crippen LogP contribution in [0.15, 0.2) is 46.9 Å². The summed E-state index contributed by atoms with van der Waals surface area (Å²) < 4.78 is 6.55. The number of carbonyl (C=O) groups is 2. The van der Waals surface area contributed by atoms with Crippen LogP contribution in [-0.2, 0) is 16.1 Å². The van der Waals surface area contributed by atoms with Gasteiger partial charge in [0.25, 0.3) is 5.91 Å². The summed E-state index contributed by atoms with van der Waals surface area (Å²) in [7, 11) is 0. The van der Waals surface area contributed by atoms with E-state index in [2.05, 4.69) is 21.2 Å². The van der Waals surface area contributed by atoms with E-state index in [4.69, 9.17) is 4.74 Å². The number of amides is 2. The molecule has 0 radical (unpaired) electrons. The summed E-state index contributed by atoms with van der Waals surface area (Å²) >= 11 is 3.42. The highest BCUT2D eigenvalue weighted by Crippen LogP contribution is 2.35. The summed E-state index contributed by atoms with van der Waals surface area (Å²) in [4.78, 5) is 26.6. The highest BCUT2D eigenvalue weighted by atomic mass is 79.9. The second-order valence-electron chi connectivity index (χ2n) is 6.58. The Hall–Kier alpha value is -2.34. The van der Waals surface area contributed by atoms with Crippen molar-refractivity contribution in [1.82, 2.24) is 0 Å². The topological polar surface area (TPSA) is 58.6 Å². The Morgan fingerprint density at radius 1 is 1.19 bits per heavy atom. The van der Waals surface area contributed by atoms with Crippen LogP contribution < -0.4 is 15.0 Å². The van der Waals surface area contributed by atoms with Crippen LogP contribution in [0.1, 0.15) is 32.3 Å². The first-order valence-electron chi connectivity index (χ1n) is 9.14. The van der Waals surface area contributed by atoms with E-state index >= 15 is 0 Å². The highest BCUT2D eigenvalue weighted by molar-refractivity contribution is 9.10. The molecule has 0 unspecified atom stereocenters. The number of anilines is 2. The predicted molar refractivity (Wildman–Crippen MR) is 110 cm³/mol. The number of rotatable bonds is 6.